The lowest BCUT2D eigenvalue weighted by Crippen LogP contribution is -2.25. The fourth-order valence-electron chi connectivity index (χ4n) is 2.94. The van der Waals surface area contributed by atoms with Gasteiger partial charge in [-0.1, -0.05) is 55.4 Å². The van der Waals surface area contributed by atoms with Crippen LogP contribution in [-0.4, -0.2) is 19.7 Å². The van der Waals surface area contributed by atoms with E-state index in [1.165, 1.54) is 11.8 Å². The molecular formula is C21H19ClN4O2S. The average Bonchev–Trinajstić information content (AvgIpc) is 3.19. The Morgan fingerprint density at radius 1 is 1.14 bits per heavy atom. The first-order valence-electron chi connectivity index (χ1n) is 9.22. The molecule has 2 heterocycles. The van der Waals surface area contributed by atoms with Gasteiger partial charge in [0.15, 0.2) is 5.16 Å². The Morgan fingerprint density at radius 3 is 2.69 bits per heavy atom. The predicted molar refractivity (Wildman–Crippen MR) is 115 cm³/mol. The number of benzene rings is 2. The van der Waals surface area contributed by atoms with Crippen LogP contribution < -0.4 is 5.56 Å². The van der Waals surface area contributed by atoms with Gasteiger partial charge in [0.05, 0.1) is 16.7 Å². The molecule has 4 rings (SSSR count). The number of thioether (sulfide) groups is 1. The highest BCUT2D eigenvalue weighted by Crippen LogP contribution is 2.25. The molecule has 0 unspecified atom stereocenters. The fraction of sp³-hybridized carbons (Fsp3) is 0.238. The van der Waals surface area contributed by atoms with Crippen molar-refractivity contribution in [2.45, 2.75) is 31.3 Å². The Kier molecular flexibility index (Phi) is 5.69. The van der Waals surface area contributed by atoms with Crippen molar-refractivity contribution in [2.75, 3.05) is 0 Å². The summed E-state index contributed by atoms with van der Waals surface area (Å²) >= 11 is 7.48. The number of aromatic nitrogens is 4. The van der Waals surface area contributed by atoms with E-state index in [0.29, 0.717) is 51.1 Å². The van der Waals surface area contributed by atoms with E-state index in [9.17, 15) is 4.79 Å². The van der Waals surface area contributed by atoms with Crippen LogP contribution in [0, 0.1) is 5.92 Å². The van der Waals surface area contributed by atoms with Crippen LogP contribution in [0.15, 0.2) is 62.9 Å². The van der Waals surface area contributed by atoms with Crippen molar-refractivity contribution in [2.24, 2.45) is 5.92 Å². The zero-order chi connectivity index (χ0) is 20.4. The summed E-state index contributed by atoms with van der Waals surface area (Å²) in [6.07, 6.45) is 0. The number of nitrogens with zero attached hydrogens (tertiary/aromatic N) is 4. The van der Waals surface area contributed by atoms with E-state index in [1.54, 1.807) is 22.8 Å². The lowest BCUT2D eigenvalue weighted by atomic mass is 10.2. The van der Waals surface area contributed by atoms with E-state index in [1.807, 2.05) is 30.3 Å². The molecule has 0 bridgehead atoms. The number of hydrogen-bond acceptors (Lipinski definition) is 6. The molecule has 0 aliphatic heterocycles. The molecule has 29 heavy (non-hydrogen) atoms. The van der Waals surface area contributed by atoms with Crippen molar-refractivity contribution >= 4 is 34.3 Å². The normalized spacial score (nSPS) is 11.4. The maximum absolute atomic E-state index is 13.0. The van der Waals surface area contributed by atoms with Gasteiger partial charge in [0.2, 0.25) is 11.8 Å². The largest absolute Gasteiger partial charge is 0.420 e. The van der Waals surface area contributed by atoms with E-state index < -0.39 is 0 Å². The second kappa shape index (κ2) is 8.39. The summed E-state index contributed by atoms with van der Waals surface area (Å²) in [7, 11) is 0. The van der Waals surface area contributed by atoms with Gasteiger partial charge in [-0.25, -0.2) is 4.98 Å². The fourth-order valence-corrected chi connectivity index (χ4v) is 3.96. The first-order chi connectivity index (χ1) is 14.0. The summed E-state index contributed by atoms with van der Waals surface area (Å²) in [6.45, 7) is 4.69. The third kappa shape index (κ3) is 4.36. The third-order valence-electron chi connectivity index (χ3n) is 4.24. The molecule has 4 aromatic rings. The Labute approximate surface area is 176 Å². The van der Waals surface area contributed by atoms with Gasteiger partial charge in [-0.3, -0.25) is 9.36 Å². The smallest absolute Gasteiger partial charge is 0.262 e. The van der Waals surface area contributed by atoms with Crippen LogP contribution in [0.3, 0.4) is 0 Å². The summed E-state index contributed by atoms with van der Waals surface area (Å²) < 4.78 is 7.47. The van der Waals surface area contributed by atoms with Crippen LogP contribution in [0.1, 0.15) is 19.7 Å². The molecule has 0 N–H and O–H groups in total. The molecule has 0 spiro atoms. The van der Waals surface area contributed by atoms with Crippen LogP contribution in [-0.2, 0) is 12.3 Å². The molecule has 0 aliphatic rings. The van der Waals surface area contributed by atoms with E-state index >= 15 is 0 Å². The molecule has 0 amide bonds. The van der Waals surface area contributed by atoms with Gasteiger partial charge in [-0.2, -0.15) is 0 Å². The number of halogens is 1. The zero-order valence-corrected chi connectivity index (χ0v) is 17.6. The van der Waals surface area contributed by atoms with Crippen molar-refractivity contribution in [3.63, 3.8) is 0 Å². The highest BCUT2D eigenvalue weighted by Gasteiger charge is 2.15. The van der Waals surface area contributed by atoms with Gasteiger partial charge in [0.1, 0.15) is 0 Å². The first-order valence-corrected chi connectivity index (χ1v) is 10.6. The van der Waals surface area contributed by atoms with Crippen LogP contribution in [0.5, 0.6) is 0 Å². The van der Waals surface area contributed by atoms with Gasteiger partial charge < -0.3 is 4.42 Å². The van der Waals surface area contributed by atoms with E-state index in [-0.39, 0.29) is 5.56 Å². The predicted octanol–water partition coefficient (Wildman–Crippen LogP) is 5.05. The standard InChI is InChI=1S/C21H19ClN4O2S/c1-13(2)11-26-20(27)16-10-15(22)8-9-17(16)23-21(26)29-12-18-24-25-19(28-18)14-6-4-3-5-7-14/h3-10,13H,11-12H2,1-2H3. The zero-order valence-electron chi connectivity index (χ0n) is 16.0. The quantitative estimate of drug-likeness (QED) is 0.317. The summed E-state index contributed by atoms with van der Waals surface area (Å²) in [4.78, 5) is 17.7. The minimum absolute atomic E-state index is 0.0933. The van der Waals surface area contributed by atoms with Gasteiger partial charge in [0.25, 0.3) is 5.56 Å². The molecule has 2 aromatic heterocycles. The SMILES string of the molecule is CC(C)Cn1c(SCc2nnc(-c3ccccc3)o2)nc2ccc(Cl)cc2c1=O. The highest BCUT2D eigenvalue weighted by molar-refractivity contribution is 7.98. The molecule has 8 heteroatoms. The van der Waals surface area contributed by atoms with E-state index in [4.69, 9.17) is 16.0 Å². The van der Waals surface area contributed by atoms with Crippen LogP contribution in [0.4, 0.5) is 0 Å². The second-order valence-electron chi connectivity index (χ2n) is 7.02. The van der Waals surface area contributed by atoms with Crippen molar-refractivity contribution in [3.05, 3.63) is 69.8 Å². The lowest BCUT2D eigenvalue weighted by molar-refractivity contribution is 0.474. The number of rotatable bonds is 6. The van der Waals surface area contributed by atoms with E-state index in [0.717, 1.165) is 5.56 Å². The number of fused-ring (bicyclic) bond motifs is 1. The summed E-state index contributed by atoms with van der Waals surface area (Å²) in [6, 6.07) is 14.8. The first kappa shape index (κ1) is 19.7. The van der Waals surface area contributed by atoms with Crippen molar-refractivity contribution in [1.29, 1.82) is 0 Å². The molecule has 0 saturated heterocycles. The van der Waals surface area contributed by atoms with Crippen LogP contribution in [0.2, 0.25) is 5.02 Å². The van der Waals surface area contributed by atoms with Gasteiger partial charge in [-0.05, 0) is 36.2 Å². The van der Waals surface area contributed by atoms with Crippen molar-refractivity contribution < 1.29 is 4.42 Å². The Bertz CT molecular complexity index is 1200. The molecule has 0 fully saturated rings. The molecule has 0 atom stereocenters. The van der Waals surface area contributed by atoms with Crippen molar-refractivity contribution in [3.8, 4) is 11.5 Å². The lowest BCUT2D eigenvalue weighted by Gasteiger charge is -2.14. The monoisotopic (exact) mass is 426 g/mol. The Balaban J connectivity index is 1.64. The van der Waals surface area contributed by atoms with Crippen molar-refractivity contribution in [1.82, 2.24) is 19.7 Å². The Morgan fingerprint density at radius 2 is 1.93 bits per heavy atom. The number of hydrogen-bond donors (Lipinski definition) is 0. The molecular weight excluding hydrogens is 408 g/mol. The minimum atomic E-state index is -0.0933. The molecule has 148 valence electrons. The van der Waals surface area contributed by atoms with Gasteiger partial charge >= 0.3 is 0 Å². The average molecular weight is 427 g/mol. The minimum Gasteiger partial charge on any atom is -0.420 e. The second-order valence-corrected chi connectivity index (χ2v) is 8.40. The maximum Gasteiger partial charge on any atom is 0.262 e. The summed E-state index contributed by atoms with van der Waals surface area (Å²) in [5.41, 5.74) is 1.40. The molecule has 0 aliphatic carbocycles. The molecule has 0 radical (unpaired) electrons. The molecule has 6 nitrogen and oxygen atoms in total. The molecule has 0 saturated carbocycles. The van der Waals surface area contributed by atoms with Gasteiger partial charge in [0, 0.05) is 17.1 Å². The van der Waals surface area contributed by atoms with Crippen LogP contribution in [0.25, 0.3) is 22.4 Å². The Hall–Kier alpha value is -2.64. The van der Waals surface area contributed by atoms with E-state index in [2.05, 4.69) is 29.0 Å². The van der Waals surface area contributed by atoms with Gasteiger partial charge in [-0.15, -0.1) is 10.2 Å². The highest BCUT2D eigenvalue weighted by atomic mass is 35.5. The summed E-state index contributed by atoms with van der Waals surface area (Å²) in [5, 5.41) is 9.90. The third-order valence-corrected chi connectivity index (χ3v) is 5.44. The topological polar surface area (TPSA) is 73.8 Å². The van der Waals surface area contributed by atoms with Crippen LogP contribution >= 0.6 is 23.4 Å². The summed E-state index contributed by atoms with van der Waals surface area (Å²) in [5.74, 6) is 1.67. The molecule has 2 aromatic carbocycles. The maximum atomic E-state index is 13.0.